The fourth-order valence-electron chi connectivity index (χ4n) is 1.22. The zero-order valence-electron chi connectivity index (χ0n) is 9.67. The Morgan fingerprint density at radius 3 is 2.43 bits per heavy atom. The summed E-state index contributed by atoms with van der Waals surface area (Å²) in [5.74, 6) is 0.0117. The summed E-state index contributed by atoms with van der Waals surface area (Å²) in [6.07, 6.45) is 2.30. The number of rotatable bonds is 6. The Balaban J connectivity index is 3.87. The molecule has 0 aromatic rings. The van der Waals surface area contributed by atoms with E-state index in [1.54, 1.807) is 7.05 Å². The predicted octanol–water partition coefficient (Wildman–Crippen LogP) is 1.16. The van der Waals surface area contributed by atoms with Crippen molar-refractivity contribution in [3.8, 4) is 0 Å². The largest absolute Gasteiger partial charge is 0.330 e. The number of carbonyl (C=O) groups is 1. The molecule has 0 aliphatic carbocycles. The van der Waals surface area contributed by atoms with E-state index in [9.17, 15) is 4.79 Å². The summed E-state index contributed by atoms with van der Waals surface area (Å²) in [6.45, 7) is 4.92. The lowest BCUT2D eigenvalue weighted by atomic mass is 9.84. The summed E-state index contributed by atoms with van der Waals surface area (Å²) in [7, 11) is 3.11. The quantitative estimate of drug-likeness (QED) is 0.658. The lowest BCUT2D eigenvalue weighted by molar-refractivity contribution is -0.169. The molecule has 4 nitrogen and oxygen atoms in total. The van der Waals surface area contributed by atoms with Crippen LogP contribution < -0.4 is 5.73 Å². The van der Waals surface area contributed by atoms with Crippen molar-refractivity contribution < 1.29 is 9.63 Å². The van der Waals surface area contributed by atoms with Crippen LogP contribution in [0.3, 0.4) is 0 Å². The Morgan fingerprint density at radius 2 is 2.00 bits per heavy atom. The Morgan fingerprint density at radius 1 is 1.43 bits per heavy atom. The molecule has 0 aromatic carbocycles. The third kappa shape index (κ3) is 5.19. The maximum absolute atomic E-state index is 11.4. The summed E-state index contributed by atoms with van der Waals surface area (Å²) in [5, 5.41) is 1.26. The molecule has 0 fully saturated rings. The molecule has 14 heavy (non-hydrogen) atoms. The number of carbonyl (C=O) groups excluding carboxylic acids is 1. The zero-order chi connectivity index (χ0) is 11.2. The van der Waals surface area contributed by atoms with Crippen molar-refractivity contribution in [2.75, 3.05) is 20.7 Å². The van der Waals surface area contributed by atoms with Crippen molar-refractivity contribution in [2.24, 2.45) is 11.1 Å². The molecule has 0 aromatic heterocycles. The van der Waals surface area contributed by atoms with E-state index in [1.165, 1.54) is 12.2 Å². The lowest BCUT2D eigenvalue weighted by Gasteiger charge is -2.24. The van der Waals surface area contributed by atoms with Crippen LogP contribution in [-0.2, 0) is 9.63 Å². The van der Waals surface area contributed by atoms with Crippen LogP contribution in [0.5, 0.6) is 0 Å². The molecule has 1 amide bonds. The third-order valence-corrected chi connectivity index (χ3v) is 2.46. The zero-order valence-corrected chi connectivity index (χ0v) is 9.67. The minimum atomic E-state index is 0.0117. The molecular formula is C10H22N2O2. The van der Waals surface area contributed by atoms with Crippen LogP contribution in [0.4, 0.5) is 0 Å². The smallest absolute Gasteiger partial charge is 0.245 e. The van der Waals surface area contributed by atoms with Gasteiger partial charge in [-0.3, -0.25) is 9.63 Å². The Labute approximate surface area is 86.4 Å². The van der Waals surface area contributed by atoms with Gasteiger partial charge in [-0.05, 0) is 24.8 Å². The molecule has 0 radical (unpaired) electrons. The average molecular weight is 202 g/mol. The number of nitrogens with two attached hydrogens (primary N) is 1. The molecule has 0 aliphatic rings. The van der Waals surface area contributed by atoms with E-state index in [0.29, 0.717) is 13.0 Å². The summed E-state index contributed by atoms with van der Waals surface area (Å²) >= 11 is 0. The normalized spacial score (nSPS) is 11.5. The second kappa shape index (κ2) is 5.98. The van der Waals surface area contributed by atoms with Gasteiger partial charge < -0.3 is 5.73 Å². The Kier molecular flexibility index (Phi) is 5.72. The lowest BCUT2D eigenvalue weighted by Crippen LogP contribution is -2.27. The van der Waals surface area contributed by atoms with Gasteiger partial charge in [0, 0.05) is 13.5 Å². The molecule has 0 atom stereocenters. The standard InChI is InChI=1S/C10H22N2O2/c1-10(2,7-8-11)6-5-9(13)12(3)14-4/h5-8,11H2,1-4H3. The molecule has 84 valence electrons. The van der Waals surface area contributed by atoms with Crippen molar-refractivity contribution in [3.63, 3.8) is 0 Å². The molecule has 0 saturated heterocycles. The summed E-state index contributed by atoms with van der Waals surface area (Å²) in [4.78, 5) is 16.2. The van der Waals surface area contributed by atoms with Crippen molar-refractivity contribution >= 4 is 5.91 Å². The number of hydroxylamine groups is 2. The second-order valence-corrected chi connectivity index (χ2v) is 4.28. The van der Waals surface area contributed by atoms with E-state index >= 15 is 0 Å². The van der Waals surface area contributed by atoms with Crippen LogP contribution in [0.25, 0.3) is 0 Å². The van der Waals surface area contributed by atoms with E-state index in [4.69, 9.17) is 10.6 Å². The molecule has 0 aliphatic heterocycles. The molecular weight excluding hydrogens is 180 g/mol. The predicted molar refractivity (Wildman–Crippen MR) is 56.5 cm³/mol. The molecule has 0 bridgehead atoms. The fourth-order valence-corrected chi connectivity index (χ4v) is 1.22. The van der Waals surface area contributed by atoms with Gasteiger partial charge in [-0.1, -0.05) is 13.8 Å². The molecule has 0 rings (SSSR count). The minimum Gasteiger partial charge on any atom is -0.330 e. The second-order valence-electron chi connectivity index (χ2n) is 4.28. The van der Waals surface area contributed by atoms with Gasteiger partial charge in [0.1, 0.15) is 0 Å². The topological polar surface area (TPSA) is 55.6 Å². The van der Waals surface area contributed by atoms with Crippen molar-refractivity contribution in [3.05, 3.63) is 0 Å². The van der Waals surface area contributed by atoms with Crippen LogP contribution >= 0.6 is 0 Å². The first-order chi connectivity index (χ1) is 6.43. The van der Waals surface area contributed by atoms with Gasteiger partial charge in [0.25, 0.3) is 0 Å². The van der Waals surface area contributed by atoms with Gasteiger partial charge in [-0.2, -0.15) is 0 Å². The van der Waals surface area contributed by atoms with Crippen molar-refractivity contribution in [2.45, 2.75) is 33.1 Å². The monoisotopic (exact) mass is 202 g/mol. The first kappa shape index (κ1) is 13.4. The number of amides is 1. The highest BCUT2D eigenvalue weighted by atomic mass is 16.7. The third-order valence-electron chi connectivity index (χ3n) is 2.46. The number of hydrogen-bond donors (Lipinski definition) is 1. The minimum absolute atomic E-state index is 0.0117. The van der Waals surface area contributed by atoms with E-state index in [-0.39, 0.29) is 11.3 Å². The summed E-state index contributed by atoms with van der Waals surface area (Å²) in [5.41, 5.74) is 5.62. The average Bonchev–Trinajstić information content (AvgIpc) is 2.13. The van der Waals surface area contributed by atoms with Gasteiger partial charge in [-0.15, -0.1) is 0 Å². The molecule has 0 saturated carbocycles. The number of hydrogen-bond acceptors (Lipinski definition) is 3. The maximum Gasteiger partial charge on any atom is 0.245 e. The highest BCUT2D eigenvalue weighted by Gasteiger charge is 2.19. The summed E-state index contributed by atoms with van der Waals surface area (Å²) in [6, 6.07) is 0. The highest BCUT2D eigenvalue weighted by molar-refractivity contribution is 5.74. The molecule has 2 N–H and O–H groups in total. The first-order valence-electron chi connectivity index (χ1n) is 4.93. The van der Waals surface area contributed by atoms with Crippen LogP contribution in [0.1, 0.15) is 33.1 Å². The highest BCUT2D eigenvalue weighted by Crippen LogP contribution is 2.26. The molecule has 4 heteroatoms. The Hall–Kier alpha value is -0.610. The van der Waals surface area contributed by atoms with E-state index in [0.717, 1.165) is 12.8 Å². The van der Waals surface area contributed by atoms with Crippen LogP contribution in [0.2, 0.25) is 0 Å². The van der Waals surface area contributed by atoms with Crippen LogP contribution in [0.15, 0.2) is 0 Å². The van der Waals surface area contributed by atoms with Crippen LogP contribution in [0, 0.1) is 5.41 Å². The van der Waals surface area contributed by atoms with E-state index < -0.39 is 0 Å². The fraction of sp³-hybridized carbons (Fsp3) is 0.900. The summed E-state index contributed by atoms with van der Waals surface area (Å²) < 4.78 is 0. The van der Waals surface area contributed by atoms with E-state index in [1.807, 2.05) is 0 Å². The van der Waals surface area contributed by atoms with Gasteiger partial charge in [0.2, 0.25) is 5.91 Å². The van der Waals surface area contributed by atoms with Gasteiger partial charge in [0.05, 0.1) is 7.11 Å². The van der Waals surface area contributed by atoms with Crippen LogP contribution in [-0.4, -0.2) is 31.7 Å². The van der Waals surface area contributed by atoms with Gasteiger partial charge >= 0.3 is 0 Å². The van der Waals surface area contributed by atoms with Gasteiger partial charge in [-0.25, -0.2) is 5.06 Å². The van der Waals surface area contributed by atoms with Gasteiger partial charge in [0.15, 0.2) is 0 Å². The van der Waals surface area contributed by atoms with E-state index in [2.05, 4.69) is 13.8 Å². The van der Waals surface area contributed by atoms with Crippen molar-refractivity contribution in [1.82, 2.24) is 5.06 Å². The molecule has 0 spiro atoms. The Bertz CT molecular complexity index is 181. The maximum atomic E-state index is 11.4. The SMILES string of the molecule is CON(C)C(=O)CCC(C)(C)CCN. The first-order valence-corrected chi connectivity index (χ1v) is 4.93. The molecule has 0 unspecified atom stereocenters. The molecule has 0 heterocycles. The number of nitrogens with zero attached hydrogens (tertiary/aromatic N) is 1. The van der Waals surface area contributed by atoms with Crippen molar-refractivity contribution in [1.29, 1.82) is 0 Å².